The highest BCUT2D eigenvalue weighted by molar-refractivity contribution is 7.14. The number of hydrogen-bond donors (Lipinski definition) is 1. The van der Waals surface area contributed by atoms with Crippen LogP contribution < -0.4 is 15.1 Å². The first-order valence-electron chi connectivity index (χ1n) is 9.02. The molecule has 7 heteroatoms. The van der Waals surface area contributed by atoms with Gasteiger partial charge in [-0.25, -0.2) is 4.98 Å². The quantitative estimate of drug-likeness (QED) is 0.610. The van der Waals surface area contributed by atoms with Crippen LogP contribution in [0.5, 0.6) is 0 Å². The fraction of sp³-hybridized carbons (Fsp3) is 0.136. The number of nitrogens with zero attached hydrogens (tertiary/aromatic N) is 3. The number of carbonyl (C=O) groups is 2. The molecule has 1 N–H and O–H groups in total. The summed E-state index contributed by atoms with van der Waals surface area (Å²) >= 11 is 1.35. The minimum Gasteiger partial charge on any atom is -0.378 e. The predicted molar refractivity (Wildman–Crippen MR) is 120 cm³/mol. The van der Waals surface area contributed by atoms with Crippen molar-refractivity contribution in [3.05, 3.63) is 71.7 Å². The minimum absolute atomic E-state index is 0.125. The highest BCUT2D eigenvalue weighted by Crippen LogP contribution is 2.29. The Bertz CT molecular complexity index is 1010. The molecule has 0 saturated carbocycles. The van der Waals surface area contributed by atoms with E-state index < -0.39 is 0 Å². The van der Waals surface area contributed by atoms with E-state index in [4.69, 9.17) is 0 Å². The number of amides is 2. The van der Waals surface area contributed by atoms with Gasteiger partial charge in [-0.3, -0.25) is 14.5 Å². The van der Waals surface area contributed by atoms with Crippen LogP contribution in [0.25, 0.3) is 6.08 Å². The Balaban J connectivity index is 1.68. The molecule has 29 heavy (non-hydrogen) atoms. The molecule has 2 aromatic carbocycles. The van der Waals surface area contributed by atoms with Crippen molar-refractivity contribution in [1.82, 2.24) is 4.98 Å². The van der Waals surface area contributed by atoms with Crippen molar-refractivity contribution < 1.29 is 9.59 Å². The molecule has 1 heterocycles. The molecule has 0 radical (unpaired) electrons. The van der Waals surface area contributed by atoms with Crippen molar-refractivity contribution in [3.63, 3.8) is 0 Å². The number of para-hydroxylation sites is 1. The zero-order valence-electron chi connectivity index (χ0n) is 16.5. The van der Waals surface area contributed by atoms with Gasteiger partial charge in [0.15, 0.2) is 5.13 Å². The van der Waals surface area contributed by atoms with Gasteiger partial charge in [-0.2, -0.15) is 0 Å². The fourth-order valence-electron chi connectivity index (χ4n) is 2.65. The molecule has 1 aromatic heterocycles. The molecule has 0 spiro atoms. The van der Waals surface area contributed by atoms with Crippen LogP contribution in [0.3, 0.4) is 0 Å². The maximum absolute atomic E-state index is 12.2. The molecular formula is C22H22N4O2S. The Labute approximate surface area is 174 Å². The molecule has 6 nitrogen and oxygen atoms in total. The van der Waals surface area contributed by atoms with Crippen molar-refractivity contribution in [2.75, 3.05) is 29.2 Å². The van der Waals surface area contributed by atoms with Gasteiger partial charge in [0.25, 0.3) is 0 Å². The van der Waals surface area contributed by atoms with Gasteiger partial charge in [0.05, 0.1) is 11.4 Å². The van der Waals surface area contributed by atoms with Crippen molar-refractivity contribution >= 4 is 51.4 Å². The third-order valence-electron chi connectivity index (χ3n) is 4.09. The summed E-state index contributed by atoms with van der Waals surface area (Å²) in [5, 5.41) is 5.19. The average Bonchev–Trinajstić information content (AvgIpc) is 3.16. The van der Waals surface area contributed by atoms with E-state index in [-0.39, 0.29) is 11.8 Å². The molecule has 3 aromatic rings. The zero-order valence-corrected chi connectivity index (χ0v) is 17.3. The maximum Gasteiger partial charge on any atom is 0.248 e. The van der Waals surface area contributed by atoms with Crippen LogP contribution in [0.15, 0.2) is 66.1 Å². The number of nitrogens with one attached hydrogen (secondary N) is 1. The van der Waals surface area contributed by atoms with Crippen molar-refractivity contribution in [1.29, 1.82) is 0 Å². The summed E-state index contributed by atoms with van der Waals surface area (Å²) in [6.07, 6.45) is 3.06. The highest BCUT2D eigenvalue weighted by atomic mass is 32.1. The summed E-state index contributed by atoms with van der Waals surface area (Å²) in [4.78, 5) is 32.3. The Morgan fingerprint density at radius 2 is 1.69 bits per heavy atom. The SMILES string of the molecule is CC(=O)N(c1ccccc1)c1nc(C=CC(=O)Nc2ccc(N(C)C)cc2)cs1. The molecule has 0 fully saturated rings. The molecule has 0 aliphatic rings. The molecule has 0 aliphatic carbocycles. The lowest BCUT2D eigenvalue weighted by Gasteiger charge is -2.17. The van der Waals surface area contributed by atoms with Crippen molar-refractivity contribution in [3.8, 4) is 0 Å². The second kappa shape index (κ2) is 9.16. The Morgan fingerprint density at radius 3 is 2.31 bits per heavy atom. The molecule has 0 bridgehead atoms. The molecular weight excluding hydrogens is 384 g/mol. The summed E-state index contributed by atoms with van der Waals surface area (Å²) in [7, 11) is 3.92. The monoisotopic (exact) mass is 406 g/mol. The van der Waals surface area contributed by atoms with E-state index in [0.29, 0.717) is 10.8 Å². The van der Waals surface area contributed by atoms with Gasteiger partial charge in [0.2, 0.25) is 11.8 Å². The fourth-order valence-corrected chi connectivity index (χ4v) is 3.50. The van der Waals surface area contributed by atoms with Crippen molar-refractivity contribution in [2.45, 2.75) is 6.92 Å². The van der Waals surface area contributed by atoms with E-state index in [9.17, 15) is 9.59 Å². The number of hydrogen-bond acceptors (Lipinski definition) is 5. The van der Waals surface area contributed by atoms with E-state index in [0.717, 1.165) is 17.1 Å². The van der Waals surface area contributed by atoms with Gasteiger partial charge in [-0.15, -0.1) is 11.3 Å². The maximum atomic E-state index is 12.2. The summed E-state index contributed by atoms with van der Waals surface area (Å²) in [6, 6.07) is 16.9. The number of benzene rings is 2. The van der Waals surface area contributed by atoms with Crippen LogP contribution in [0.2, 0.25) is 0 Å². The van der Waals surface area contributed by atoms with Crippen molar-refractivity contribution in [2.24, 2.45) is 0 Å². The summed E-state index contributed by atoms with van der Waals surface area (Å²) < 4.78 is 0. The lowest BCUT2D eigenvalue weighted by molar-refractivity contribution is -0.116. The third kappa shape index (κ3) is 5.30. The van der Waals surface area contributed by atoms with E-state index in [1.807, 2.05) is 79.0 Å². The second-order valence-electron chi connectivity index (χ2n) is 6.51. The lowest BCUT2D eigenvalue weighted by atomic mass is 10.2. The average molecular weight is 407 g/mol. The zero-order chi connectivity index (χ0) is 20.8. The Hall–Kier alpha value is -3.45. The number of carbonyl (C=O) groups excluding carboxylic acids is 2. The second-order valence-corrected chi connectivity index (χ2v) is 7.35. The molecule has 0 unspecified atom stereocenters. The topological polar surface area (TPSA) is 65.5 Å². The van der Waals surface area contributed by atoms with Gasteiger partial charge in [0.1, 0.15) is 0 Å². The molecule has 0 aliphatic heterocycles. The van der Waals surface area contributed by atoms with Gasteiger partial charge < -0.3 is 10.2 Å². The van der Waals surface area contributed by atoms with Crippen LogP contribution >= 0.6 is 11.3 Å². The van der Waals surface area contributed by atoms with E-state index >= 15 is 0 Å². The van der Waals surface area contributed by atoms with Gasteiger partial charge in [-0.1, -0.05) is 18.2 Å². The molecule has 0 saturated heterocycles. The van der Waals surface area contributed by atoms with Gasteiger partial charge in [-0.05, 0) is 42.5 Å². The predicted octanol–water partition coefficient (Wildman–Crippen LogP) is 4.55. The van der Waals surface area contributed by atoms with Gasteiger partial charge in [0, 0.05) is 43.8 Å². The van der Waals surface area contributed by atoms with Crippen LogP contribution in [-0.4, -0.2) is 30.9 Å². The molecule has 0 atom stereocenters. The lowest BCUT2D eigenvalue weighted by Crippen LogP contribution is -2.22. The Morgan fingerprint density at radius 1 is 1.00 bits per heavy atom. The minimum atomic E-state index is -0.247. The third-order valence-corrected chi connectivity index (χ3v) is 4.93. The van der Waals surface area contributed by atoms with Crippen LogP contribution in [0, 0.1) is 0 Å². The first-order chi connectivity index (χ1) is 13.9. The van der Waals surface area contributed by atoms with Crippen LogP contribution in [-0.2, 0) is 9.59 Å². The number of thiazole rings is 1. The highest BCUT2D eigenvalue weighted by Gasteiger charge is 2.17. The summed E-state index contributed by atoms with van der Waals surface area (Å²) in [5.74, 6) is -0.372. The van der Waals surface area contributed by atoms with E-state index in [1.165, 1.54) is 24.3 Å². The first-order valence-corrected chi connectivity index (χ1v) is 9.90. The van der Waals surface area contributed by atoms with Crippen LogP contribution in [0.1, 0.15) is 12.6 Å². The van der Waals surface area contributed by atoms with E-state index in [1.54, 1.807) is 11.0 Å². The number of rotatable bonds is 6. The first kappa shape index (κ1) is 20.3. The standard InChI is InChI=1S/C22H22N4O2S/c1-16(27)26(20-7-5-4-6-8-20)22-24-18(15-29-22)11-14-21(28)23-17-9-12-19(13-10-17)25(2)3/h4-15H,1-3H3,(H,23,28). The summed E-state index contributed by atoms with van der Waals surface area (Å²) in [6.45, 7) is 1.50. The molecule has 2 amide bonds. The largest absolute Gasteiger partial charge is 0.378 e. The Kier molecular flexibility index (Phi) is 6.41. The van der Waals surface area contributed by atoms with Gasteiger partial charge >= 0.3 is 0 Å². The van der Waals surface area contributed by atoms with E-state index in [2.05, 4.69) is 10.3 Å². The number of anilines is 4. The molecule has 3 rings (SSSR count). The van der Waals surface area contributed by atoms with Crippen LogP contribution in [0.4, 0.5) is 22.2 Å². The normalized spacial score (nSPS) is 10.7. The summed E-state index contributed by atoms with van der Waals surface area (Å²) in [5.41, 5.74) is 3.15. The number of aromatic nitrogens is 1. The smallest absolute Gasteiger partial charge is 0.248 e. The molecule has 148 valence electrons.